The Labute approximate surface area is 155 Å². The van der Waals surface area contributed by atoms with Crippen molar-refractivity contribution in [1.82, 2.24) is 14.9 Å². The van der Waals surface area contributed by atoms with Crippen molar-refractivity contribution in [1.29, 1.82) is 0 Å². The normalized spacial score (nSPS) is 10.4. The van der Waals surface area contributed by atoms with Gasteiger partial charge in [-0.15, -0.1) is 0 Å². The SMILES string of the molecule is O=C(COc1ccc([N+](=O)[O-])cc1)NCc1cccc(Cn2ccnc2)c1. The summed E-state index contributed by atoms with van der Waals surface area (Å²) in [6, 6.07) is 13.5. The fraction of sp³-hybridized carbons (Fsp3) is 0.158. The zero-order valence-electron chi connectivity index (χ0n) is 14.4. The summed E-state index contributed by atoms with van der Waals surface area (Å²) in [5, 5.41) is 13.4. The lowest BCUT2D eigenvalue weighted by Crippen LogP contribution is -2.28. The van der Waals surface area contributed by atoms with E-state index in [1.54, 1.807) is 12.5 Å². The molecule has 0 saturated carbocycles. The summed E-state index contributed by atoms with van der Waals surface area (Å²) in [6.45, 7) is 0.942. The third-order valence-corrected chi connectivity index (χ3v) is 3.82. The van der Waals surface area contributed by atoms with E-state index in [1.807, 2.05) is 35.0 Å². The Hall–Kier alpha value is -3.68. The molecule has 0 bridgehead atoms. The molecule has 0 aliphatic rings. The Kier molecular flexibility index (Phi) is 5.78. The maximum Gasteiger partial charge on any atom is 0.269 e. The van der Waals surface area contributed by atoms with Crippen LogP contribution in [0.1, 0.15) is 11.1 Å². The average molecular weight is 366 g/mol. The zero-order valence-corrected chi connectivity index (χ0v) is 14.4. The lowest BCUT2D eigenvalue weighted by molar-refractivity contribution is -0.384. The molecular weight excluding hydrogens is 348 g/mol. The van der Waals surface area contributed by atoms with Crippen LogP contribution in [0.5, 0.6) is 5.75 Å². The van der Waals surface area contributed by atoms with Crippen LogP contribution in [0, 0.1) is 10.1 Å². The highest BCUT2D eigenvalue weighted by Crippen LogP contribution is 2.17. The van der Waals surface area contributed by atoms with Gasteiger partial charge in [-0.05, 0) is 23.3 Å². The van der Waals surface area contributed by atoms with E-state index in [0.29, 0.717) is 18.8 Å². The lowest BCUT2D eigenvalue weighted by Gasteiger charge is -2.09. The number of carbonyl (C=O) groups is 1. The summed E-state index contributed by atoms with van der Waals surface area (Å²) in [7, 11) is 0. The van der Waals surface area contributed by atoms with Gasteiger partial charge in [0.1, 0.15) is 5.75 Å². The Balaban J connectivity index is 1.46. The second kappa shape index (κ2) is 8.61. The predicted octanol–water partition coefficient (Wildman–Crippen LogP) is 2.53. The molecule has 0 aliphatic heterocycles. The van der Waals surface area contributed by atoms with E-state index in [1.165, 1.54) is 24.3 Å². The molecule has 0 radical (unpaired) electrons. The van der Waals surface area contributed by atoms with Crippen LogP contribution in [-0.2, 0) is 17.9 Å². The number of imidazole rings is 1. The first kappa shape index (κ1) is 18.1. The molecule has 0 saturated heterocycles. The molecule has 1 heterocycles. The van der Waals surface area contributed by atoms with Gasteiger partial charge in [0.05, 0.1) is 11.3 Å². The highest BCUT2D eigenvalue weighted by molar-refractivity contribution is 5.77. The number of nitrogens with zero attached hydrogens (tertiary/aromatic N) is 3. The Bertz CT molecular complexity index is 908. The van der Waals surface area contributed by atoms with Gasteiger partial charge in [-0.3, -0.25) is 14.9 Å². The van der Waals surface area contributed by atoms with Crippen LogP contribution in [0.4, 0.5) is 5.69 Å². The monoisotopic (exact) mass is 366 g/mol. The number of nitro benzene ring substituents is 1. The number of rotatable bonds is 8. The van der Waals surface area contributed by atoms with Crippen molar-refractivity contribution in [3.05, 3.63) is 88.5 Å². The van der Waals surface area contributed by atoms with Gasteiger partial charge in [0, 0.05) is 37.6 Å². The summed E-state index contributed by atoms with van der Waals surface area (Å²) in [5.41, 5.74) is 2.07. The standard InChI is InChI=1S/C19H18N4O4/c24-19(13-27-18-6-4-17(5-7-18)23(25)26)21-11-15-2-1-3-16(10-15)12-22-9-8-20-14-22/h1-10,14H,11-13H2,(H,21,24). The Morgan fingerprint density at radius 2 is 1.96 bits per heavy atom. The summed E-state index contributed by atoms with van der Waals surface area (Å²) in [4.78, 5) is 26.1. The molecule has 1 amide bonds. The molecule has 3 rings (SSSR count). The molecule has 27 heavy (non-hydrogen) atoms. The number of nitro groups is 1. The third kappa shape index (κ3) is 5.40. The summed E-state index contributed by atoms with van der Waals surface area (Å²) in [5.74, 6) is 0.131. The van der Waals surface area contributed by atoms with E-state index in [2.05, 4.69) is 10.3 Å². The maximum absolute atomic E-state index is 11.9. The first-order valence-corrected chi connectivity index (χ1v) is 8.27. The molecule has 2 aromatic carbocycles. The van der Waals surface area contributed by atoms with Crippen molar-refractivity contribution in [2.45, 2.75) is 13.1 Å². The molecule has 0 aliphatic carbocycles. The summed E-state index contributed by atoms with van der Waals surface area (Å²) in [6.07, 6.45) is 5.38. The Morgan fingerprint density at radius 1 is 1.19 bits per heavy atom. The number of non-ortho nitro benzene ring substituents is 1. The number of amides is 1. The first-order chi connectivity index (χ1) is 13.1. The van der Waals surface area contributed by atoms with Crippen molar-refractivity contribution in [3.63, 3.8) is 0 Å². The van der Waals surface area contributed by atoms with Gasteiger partial charge in [-0.2, -0.15) is 0 Å². The molecule has 0 unspecified atom stereocenters. The summed E-state index contributed by atoms with van der Waals surface area (Å²) >= 11 is 0. The van der Waals surface area contributed by atoms with E-state index < -0.39 is 4.92 Å². The molecular formula is C19H18N4O4. The molecule has 8 heteroatoms. The number of hydrogen-bond donors (Lipinski definition) is 1. The van der Waals surface area contributed by atoms with Gasteiger partial charge in [0.2, 0.25) is 0 Å². The fourth-order valence-electron chi connectivity index (χ4n) is 2.49. The molecule has 0 spiro atoms. The minimum atomic E-state index is -0.489. The highest BCUT2D eigenvalue weighted by atomic mass is 16.6. The number of hydrogen-bond acceptors (Lipinski definition) is 5. The number of nitrogens with one attached hydrogen (secondary N) is 1. The van der Waals surface area contributed by atoms with Crippen molar-refractivity contribution in [2.24, 2.45) is 0 Å². The number of carbonyl (C=O) groups excluding carboxylic acids is 1. The van der Waals surface area contributed by atoms with Gasteiger partial charge in [-0.25, -0.2) is 4.98 Å². The van der Waals surface area contributed by atoms with Crippen molar-refractivity contribution in [3.8, 4) is 5.75 Å². The largest absolute Gasteiger partial charge is 0.484 e. The third-order valence-electron chi connectivity index (χ3n) is 3.82. The quantitative estimate of drug-likeness (QED) is 0.488. The van der Waals surface area contributed by atoms with Crippen molar-refractivity contribution < 1.29 is 14.5 Å². The zero-order chi connectivity index (χ0) is 19.1. The van der Waals surface area contributed by atoms with Gasteiger partial charge in [-0.1, -0.05) is 24.3 Å². The lowest BCUT2D eigenvalue weighted by atomic mass is 10.1. The molecule has 1 aromatic heterocycles. The number of ether oxygens (including phenoxy) is 1. The minimum absolute atomic E-state index is 0.0256. The minimum Gasteiger partial charge on any atom is -0.484 e. The van der Waals surface area contributed by atoms with E-state index in [0.717, 1.165) is 11.1 Å². The van der Waals surface area contributed by atoms with Crippen LogP contribution in [-0.4, -0.2) is 27.0 Å². The highest BCUT2D eigenvalue weighted by Gasteiger charge is 2.07. The van der Waals surface area contributed by atoms with Gasteiger partial charge >= 0.3 is 0 Å². The van der Waals surface area contributed by atoms with Crippen molar-refractivity contribution >= 4 is 11.6 Å². The van der Waals surface area contributed by atoms with E-state index >= 15 is 0 Å². The molecule has 8 nitrogen and oxygen atoms in total. The van der Waals surface area contributed by atoms with Crippen LogP contribution in [0.25, 0.3) is 0 Å². The smallest absolute Gasteiger partial charge is 0.269 e. The van der Waals surface area contributed by atoms with Gasteiger partial charge < -0.3 is 14.6 Å². The average Bonchev–Trinajstić information content (AvgIpc) is 3.18. The molecule has 1 N–H and O–H groups in total. The van der Waals surface area contributed by atoms with Crippen LogP contribution < -0.4 is 10.1 Å². The molecule has 3 aromatic rings. The van der Waals surface area contributed by atoms with Crippen LogP contribution in [0.2, 0.25) is 0 Å². The topological polar surface area (TPSA) is 99.3 Å². The van der Waals surface area contributed by atoms with E-state index in [4.69, 9.17) is 4.74 Å². The maximum atomic E-state index is 11.9. The fourth-order valence-corrected chi connectivity index (χ4v) is 2.49. The van der Waals surface area contributed by atoms with Crippen LogP contribution in [0.15, 0.2) is 67.3 Å². The van der Waals surface area contributed by atoms with E-state index in [9.17, 15) is 14.9 Å². The molecule has 138 valence electrons. The van der Waals surface area contributed by atoms with Crippen molar-refractivity contribution in [2.75, 3.05) is 6.61 Å². The second-order valence-corrected chi connectivity index (χ2v) is 5.87. The van der Waals surface area contributed by atoms with Gasteiger partial charge in [0.15, 0.2) is 6.61 Å². The Morgan fingerprint density at radius 3 is 2.67 bits per heavy atom. The van der Waals surface area contributed by atoms with Crippen LogP contribution in [0.3, 0.4) is 0 Å². The molecule has 0 fully saturated rings. The summed E-state index contributed by atoms with van der Waals surface area (Å²) < 4.78 is 7.31. The van der Waals surface area contributed by atoms with Crippen LogP contribution >= 0.6 is 0 Å². The molecule has 0 atom stereocenters. The number of aromatic nitrogens is 2. The van der Waals surface area contributed by atoms with E-state index in [-0.39, 0.29) is 18.2 Å². The second-order valence-electron chi connectivity index (χ2n) is 5.87. The number of benzene rings is 2. The first-order valence-electron chi connectivity index (χ1n) is 8.27. The predicted molar refractivity (Wildman–Crippen MR) is 98.2 cm³/mol. The van der Waals surface area contributed by atoms with Gasteiger partial charge in [0.25, 0.3) is 11.6 Å².